The Kier molecular flexibility index (Phi) is 4.89. The zero-order valence-electron chi connectivity index (χ0n) is 14.8. The van der Waals surface area contributed by atoms with Crippen molar-refractivity contribution in [3.63, 3.8) is 0 Å². The second kappa shape index (κ2) is 7.63. The fraction of sp³-hybridized carbons (Fsp3) is 0.0952. The Bertz CT molecular complexity index is 1090. The Morgan fingerprint density at radius 1 is 1.15 bits per heavy atom. The van der Waals surface area contributed by atoms with Gasteiger partial charge in [-0.2, -0.15) is 0 Å². The summed E-state index contributed by atoms with van der Waals surface area (Å²) in [6.45, 7) is 0.358. The van der Waals surface area contributed by atoms with Gasteiger partial charge in [0.15, 0.2) is 0 Å². The third-order valence-electron chi connectivity index (χ3n) is 4.27. The molecule has 1 amide bonds. The molecule has 0 aliphatic carbocycles. The van der Waals surface area contributed by atoms with Crippen molar-refractivity contribution in [3.05, 3.63) is 84.4 Å². The summed E-state index contributed by atoms with van der Waals surface area (Å²) in [5.74, 6) is -0.115. The van der Waals surface area contributed by atoms with E-state index in [-0.39, 0.29) is 5.91 Å². The maximum Gasteiger partial charge on any atom is 0.253 e. The topological polar surface area (TPSA) is 59.8 Å². The lowest BCUT2D eigenvalue weighted by atomic mass is 10.1. The van der Waals surface area contributed by atoms with Crippen LogP contribution in [0.5, 0.6) is 0 Å². The van der Waals surface area contributed by atoms with E-state index in [2.05, 4.69) is 10.3 Å². The molecule has 0 saturated heterocycles. The number of fused-ring (bicyclic) bond motifs is 1. The first-order chi connectivity index (χ1) is 13.2. The lowest BCUT2D eigenvalue weighted by Crippen LogP contribution is -2.22. The van der Waals surface area contributed by atoms with Crippen LogP contribution in [0.4, 0.5) is 0 Å². The highest BCUT2D eigenvalue weighted by Gasteiger charge is 2.08. The Balaban J connectivity index is 1.53. The molecule has 3 heterocycles. The molecule has 4 rings (SSSR count). The molecule has 1 N–H and O–H groups in total. The zero-order chi connectivity index (χ0) is 18.6. The van der Waals surface area contributed by atoms with Crippen LogP contribution in [0.1, 0.15) is 16.1 Å². The van der Waals surface area contributed by atoms with Gasteiger partial charge in [-0.05, 0) is 36.2 Å². The van der Waals surface area contributed by atoms with Gasteiger partial charge in [-0.3, -0.25) is 13.8 Å². The summed E-state index contributed by atoms with van der Waals surface area (Å²) in [5.41, 5.74) is 4.27. The maximum absolute atomic E-state index is 12.3. The van der Waals surface area contributed by atoms with Crippen LogP contribution >= 0.6 is 11.9 Å². The summed E-state index contributed by atoms with van der Waals surface area (Å²) >= 11 is 1.54. The molecule has 0 aliphatic heterocycles. The van der Waals surface area contributed by atoms with Crippen molar-refractivity contribution < 1.29 is 4.79 Å². The Hall–Kier alpha value is -3.12. The minimum atomic E-state index is -0.115. The smallest absolute Gasteiger partial charge is 0.253 e. The van der Waals surface area contributed by atoms with Crippen LogP contribution in [0.25, 0.3) is 22.2 Å². The number of aromatic nitrogens is 3. The average Bonchev–Trinajstić information content (AvgIpc) is 3.21. The van der Waals surface area contributed by atoms with Crippen molar-refractivity contribution in [2.45, 2.75) is 6.54 Å². The lowest BCUT2D eigenvalue weighted by Gasteiger charge is -2.06. The highest BCUT2D eigenvalue weighted by molar-refractivity contribution is 7.97. The predicted octanol–water partition coefficient (Wildman–Crippen LogP) is 4.15. The molecule has 0 spiro atoms. The molecule has 134 valence electrons. The minimum absolute atomic E-state index is 0.115. The molecular weight excluding hydrogens is 356 g/mol. The molecule has 5 nitrogen and oxygen atoms in total. The second-order valence-electron chi connectivity index (χ2n) is 6.06. The first kappa shape index (κ1) is 17.3. The van der Waals surface area contributed by atoms with Crippen molar-refractivity contribution >= 4 is 28.8 Å². The van der Waals surface area contributed by atoms with Gasteiger partial charge in [0.1, 0.15) is 0 Å². The maximum atomic E-state index is 12.3. The van der Waals surface area contributed by atoms with E-state index in [9.17, 15) is 4.79 Å². The predicted molar refractivity (Wildman–Crippen MR) is 109 cm³/mol. The first-order valence-corrected chi connectivity index (χ1v) is 9.73. The van der Waals surface area contributed by atoms with Crippen molar-refractivity contribution in [1.29, 1.82) is 0 Å². The van der Waals surface area contributed by atoms with Crippen LogP contribution in [0.2, 0.25) is 0 Å². The number of carbonyl (C=O) groups is 1. The molecule has 27 heavy (non-hydrogen) atoms. The fourth-order valence-electron chi connectivity index (χ4n) is 2.82. The Morgan fingerprint density at radius 3 is 2.78 bits per heavy atom. The van der Waals surface area contributed by atoms with Gasteiger partial charge in [0.2, 0.25) is 0 Å². The van der Waals surface area contributed by atoms with Gasteiger partial charge >= 0.3 is 0 Å². The largest absolute Gasteiger partial charge is 0.346 e. The van der Waals surface area contributed by atoms with E-state index in [1.54, 1.807) is 12.3 Å². The SMILES string of the molecule is CSn1ccc(C(=O)NCc2cc3nc(-c4ccccc4)ccc3cn2)c1. The fourth-order valence-corrected chi connectivity index (χ4v) is 3.22. The molecular formula is C21H18N4OS. The number of amides is 1. The number of benzene rings is 1. The summed E-state index contributed by atoms with van der Waals surface area (Å²) in [6, 6.07) is 17.8. The zero-order valence-corrected chi connectivity index (χ0v) is 15.6. The van der Waals surface area contributed by atoms with E-state index < -0.39 is 0 Å². The quantitative estimate of drug-likeness (QED) is 0.570. The Labute approximate surface area is 161 Å². The van der Waals surface area contributed by atoms with Gasteiger partial charge < -0.3 is 5.32 Å². The molecule has 0 unspecified atom stereocenters. The highest BCUT2D eigenvalue weighted by Crippen LogP contribution is 2.20. The summed E-state index contributed by atoms with van der Waals surface area (Å²) in [6.07, 6.45) is 7.42. The van der Waals surface area contributed by atoms with Crippen LogP contribution in [0.3, 0.4) is 0 Å². The third kappa shape index (κ3) is 3.85. The van der Waals surface area contributed by atoms with Crippen molar-refractivity contribution in [1.82, 2.24) is 19.3 Å². The molecule has 0 radical (unpaired) electrons. The van der Waals surface area contributed by atoms with Gasteiger partial charge in [-0.1, -0.05) is 30.3 Å². The Morgan fingerprint density at radius 2 is 2.00 bits per heavy atom. The molecule has 6 heteroatoms. The number of carbonyl (C=O) groups excluding carboxylic acids is 1. The van der Waals surface area contributed by atoms with E-state index in [4.69, 9.17) is 4.98 Å². The van der Waals surface area contributed by atoms with Crippen molar-refractivity contribution in [2.75, 3.05) is 6.26 Å². The van der Waals surface area contributed by atoms with Crippen molar-refractivity contribution in [3.8, 4) is 11.3 Å². The van der Waals surface area contributed by atoms with Crippen LogP contribution in [0.15, 0.2) is 73.2 Å². The molecule has 0 atom stereocenters. The van der Waals surface area contributed by atoms with Crippen molar-refractivity contribution in [2.24, 2.45) is 0 Å². The van der Waals surface area contributed by atoms with Gasteiger partial charge in [0.25, 0.3) is 5.91 Å². The van der Waals surface area contributed by atoms with Crippen LogP contribution in [-0.2, 0) is 6.54 Å². The molecule has 1 aromatic carbocycles. The minimum Gasteiger partial charge on any atom is -0.346 e. The van der Waals surface area contributed by atoms with E-state index >= 15 is 0 Å². The van der Waals surface area contributed by atoms with Crippen LogP contribution in [0, 0.1) is 0 Å². The monoisotopic (exact) mass is 374 g/mol. The van der Waals surface area contributed by atoms with Gasteiger partial charge in [0, 0.05) is 35.8 Å². The first-order valence-electron chi connectivity index (χ1n) is 8.55. The van der Waals surface area contributed by atoms with Crippen LogP contribution < -0.4 is 5.32 Å². The second-order valence-corrected chi connectivity index (χ2v) is 6.84. The molecule has 0 saturated carbocycles. The standard InChI is InChI=1S/C21H18N4OS/c1-27-25-10-9-17(14-25)21(26)23-13-18-11-20-16(12-22-18)7-8-19(24-20)15-5-3-2-4-6-15/h2-12,14H,13H2,1H3,(H,23,26). The highest BCUT2D eigenvalue weighted by atomic mass is 32.2. The molecule has 0 fully saturated rings. The molecule has 3 aromatic heterocycles. The van der Waals surface area contributed by atoms with E-state index in [1.165, 1.54) is 11.9 Å². The summed E-state index contributed by atoms with van der Waals surface area (Å²) in [7, 11) is 0. The van der Waals surface area contributed by atoms with Gasteiger partial charge in [0.05, 0.1) is 29.0 Å². The van der Waals surface area contributed by atoms with Crippen LogP contribution in [-0.4, -0.2) is 26.1 Å². The summed E-state index contributed by atoms with van der Waals surface area (Å²) in [5, 5.41) is 3.89. The lowest BCUT2D eigenvalue weighted by molar-refractivity contribution is 0.0950. The number of nitrogens with zero attached hydrogens (tertiary/aromatic N) is 3. The third-order valence-corrected chi connectivity index (χ3v) is 4.92. The number of pyridine rings is 2. The molecule has 0 aliphatic rings. The summed E-state index contributed by atoms with van der Waals surface area (Å²) in [4.78, 5) is 21.5. The number of rotatable bonds is 5. The van der Waals surface area contributed by atoms with E-state index in [0.29, 0.717) is 12.1 Å². The number of hydrogen-bond acceptors (Lipinski definition) is 4. The number of hydrogen-bond donors (Lipinski definition) is 1. The summed E-state index contributed by atoms with van der Waals surface area (Å²) < 4.78 is 1.89. The average molecular weight is 374 g/mol. The van der Waals surface area contributed by atoms with Gasteiger partial charge in [-0.15, -0.1) is 0 Å². The van der Waals surface area contributed by atoms with Gasteiger partial charge in [-0.25, -0.2) is 4.98 Å². The van der Waals surface area contributed by atoms with E-state index in [1.807, 2.05) is 71.2 Å². The number of nitrogens with one attached hydrogen (secondary N) is 1. The molecule has 4 aromatic rings. The normalized spacial score (nSPS) is 10.9. The molecule has 0 bridgehead atoms. The van der Waals surface area contributed by atoms with E-state index in [0.717, 1.165) is 27.9 Å².